The van der Waals surface area contributed by atoms with Crippen LogP contribution in [0.5, 0.6) is 0 Å². The Kier molecular flexibility index (Phi) is 8.03. The Morgan fingerprint density at radius 3 is 2.77 bits per heavy atom. The standard InChI is InChI=1S/C17H29N2O2.HI/c1-4-6-7-8-9-19(3)13-18-11-15(19)10-14-12-21-17(20)16(14)5-2;/h11,13-14,16H,4-10,12H2,1-3H3;1H/q+1;/p-1/t14-,16-,19?;/m0./s1. The molecule has 4 nitrogen and oxygen atoms in total. The molecule has 0 saturated carbocycles. The number of ether oxygens (including phenoxy) is 1. The van der Waals surface area contributed by atoms with Crippen LogP contribution in [-0.2, 0) is 9.53 Å². The van der Waals surface area contributed by atoms with Crippen molar-refractivity contribution in [2.24, 2.45) is 16.8 Å². The maximum Gasteiger partial charge on any atom is 0.309 e. The van der Waals surface area contributed by atoms with Crippen LogP contribution in [0.25, 0.3) is 0 Å². The largest absolute Gasteiger partial charge is 1.00 e. The Labute approximate surface area is 151 Å². The lowest BCUT2D eigenvalue weighted by Gasteiger charge is -2.29. The fourth-order valence-corrected chi connectivity index (χ4v) is 3.38. The summed E-state index contributed by atoms with van der Waals surface area (Å²) in [6, 6.07) is 0. The van der Waals surface area contributed by atoms with Gasteiger partial charge in [-0.05, 0) is 19.3 Å². The number of rotatable bonds is 8. The zero-order valence-electron chi connectivity index (χ0n) is 14.1. The molecule has 0 spiro atoms. The van der Waals surface area contributed by atoms with Crippen LogP contribution in [0.2, 0.25) is 0 Å². The molecule has 2 rings (SSSR count). The van der Waals surface area contributed by atoms with Crippen molar-refractivity contribution in [2.45, 2.75) is 52.4 Å². The molecule has 126 valence electrons. The molecule has 5 heteroatoms. The number of esters is 1. The van der Waals surface area contributed by atoms with Gasteiger partial charge in [0.05, 0.1) is 32.3 Å². The second-order valence-electron chi connectivity index (χ2n) is 6.55. The van der Waals surface area contributed by atoms with Crippen molar-refractivity contribution in [1.82, 2.24) is 0 Å². The van der Waals surface area contributed by atoms with Gasteiger partial charge in [-0.1, -0.05) is 26.7 Å². The molecular weight excluding hydrogens is 391 g/mol. The molecule has 1 unspecified atom stereocenters. The highest BCUT2D eigenvalue weighted by Crippen LogP contribution is 2.34. The van der Waals surface area contributed by atoms with Crippen LogP contribution in [0.3, 0.4) is 0 Å². The number of aliphatic imine (C=N–C) groups is 1. The van der Waals surface area contributed by atoms with E-state index in [2.05, 4.69) is 25.9 Å². The summed E-state index contributed by atoms with van der Waals surface area (Å²) >= 11 is 0. The third-order valence-corrected chi connectivity index (χ3v) is 4.90. The molecule has 0 radical (unpaired) electrons. The monoisotopic (exact) mass is 420 g/mol. The molecule has 0 N–H and O–H groups in total. The van der Waals surface area contributed by atoms with Crippen LogP contribution < -0.4 is 24.0 Å². The van der Waals surface area contributed by atoms with Crippen LogP contribution >= 0.6 is 0 Å². The van der Waals surface area contributed by atoms with Crippen LogP contribution in [0.15, 0.2) is 16.9 Å². The molecule has 1 saturated heterocycles. The first-order valence-electron chi connectivity index (χ1n) is 8.36. The van der Waals surface area contributed by atoms with E-state index in [0.29, 0.717) is 12.5 Å². The third kappa shape index (κ3) is 4.54. The van der Waals surface area contributed by atoms with Crippen LogP contribution in [0, 0.1) is 11.8 Å². The highest BCUT2D eigenvalue weighted by Gasteiger charge is 2.40. The normalized spacial score (nSPS) is 30.1. The smallest absolute Gasteiger partial charge is 0.309 e. The van der Waals surface area contributed by atoms with Gasteiger partial charge in [-0.3, -0.25) is 9.28 Å². The van der Waals surface area contributed by atoms with E-state index < -0.39 is 0 Å². The molecule has 0 aromatic rings. The molecular formula is C17H29IN2O2. The number of nitrogens with zero attached hydrogens (tertiary/aromatic N) is 2. The highest BCUT2D eigenvalue weighted by atomic mass is 127. The van der Waals surface area contributed by atoms with Crippen molar-refractivity contribution in [2.75, 3.05) is 20.2 Å². The molecule has 0 aromatic carbocycles. The van der Waals surface area contributed by atoms with Crippen molar-refractivity contribution < 1.29 is 38.0 Å². The molecule has 0 bridgehead atoms. The van der Waals surface area contributed by atoms with E-state index in [1.165, 1.54) is 31.4 Å². The summed E-state index contributed by atoms with van der Waals surface area (Å²) in [5.41, 5.74) is 1.33. The second-order valence-corrected chi connectivity index (χ2v) is 6.55. The van der Waals surface area contributed by atoms with E-state index in [0.717, 1.165) is 23.9 Å². The number of unbranched alkanes of at least 4 members (excludes halogenated alkanes) is 3. The van der Waals surface area contributed by atoms with Gasteiger partial charge in [0.2, 0.25) is 0 Å². The van der Waals surface area contributed by atoms with Crippen molar-refractivity contribution in [3.8, 4) is 0 Å². The minimum absolute atomic E-state index is 0. The molecule has 2 aliphatic rings. The first-order valence-corrected chi connectivity index (χ1v) is 8.36. The number of cyclic esters (lactones) is 1. The molecule has 0 aromatic heterocycles. The predicted molar refractivity (Wildman–Crippen MR) is 84.6 cm³/mol. The Balaban J connectivity index is 0.00000242. The van der Waals surface area contributed by atoms with E-state index in [1.807, 2.05) is 12.5 Å². The SMILES string of the molecule is CCCCCC[N+]1(C)C=NC=C1C[C@H]1COC(=O)[C@H]1CC.[I-]. The summed E-state index contributed by atoms with van der Waals surface area (Å²) in [5, 5.41) is 0. The first-order chi connectivity index (χ1) is 10.1. The fraction of sp³-hybridized carbons (Fsp3) is 0.765. The third-order valence-electron chi connectivity index (χ3n) is 4.90. The van der Waals surface area contributed by atoms with E-state index in [4.69, 9.17) is 4.74 Å². The molecule has 1 fully saturated rings. The van der Waals surface area contributed by atoms with Crippen molar-refractivity contribution >= 4 is 12.3 Å². The zero-order valence-corrected chi connectivity index (χ0v) is 16.2. The zero-order chi connectivity index (χ0) is 15.3. The van der Waals surface area contributed by atoms with Crippen molar-refractivity contribution in [3.05, 3.63) is 11.9 Å². The lowest BCUT2D eigenvalue weighted by Crippen LogP contribution is -3.00. The van der Waals surface area contributed by atoms with E-state index in [9.17, 15) is 4.79 Å². The second kappa shape index (κ2) is 9.01. The number of carbonyl (C=O) groups excluding carboxylic acids is 1. The van der Waals surface area contributed by atoms with Gasteiger partial charge in [0.1, 0.15) is 5.70 Å². The van der Waals surface area contributed by atoms with Gasteiger partial charge in [-0.15, -0.1) is 0 Å². The number of hydrogen-bond acceptors (Lipinski definition) is 3. The quantitative estimate of drug-likeness (QED) is 0.248. The van der Waals surface area contributed by atoms with E-state index in [1.54, 1.807) is 0 Å². The molecule has 2 heterocycles. The van der Waals surface area contributed by atoms with Gasteiger partial charge in [0, 0.05) is 12.3 Å². The number of halogens is 1. The minimum atomic E-state index is -0.0147. The molecule has 2 aliphatic heterocycles. The number of hydrogen-bond donors (Lipinski definition) is 0. The fourth-order valence-electron chi connectivity index (χ4n) is 3.38. The summed E-state index contributed by atoms with van der Waals surface area (Å²) in [6.07, 6.45) is 10.9. The summed E-state index contributed by atoms with van der Waals surface area (Å²) in [4.78, 5) is 16.1. The Hall–Kier alpha value is -0.430. The maximum absolute atomic E-state index is 11.7. The summed E-state index contributed by atoms with van der Waals surface area (Å²) in [5.74, 6) is 0.378. The lowest BCUT2D eigenvalue weighted by atomic mass is 9.89. The van der Waals surface area contributed by atoms with Crippen LogP contribution in [0.1, 0.15) is 52.4 Å². The van der Waals surface area contributed by atoms with Gasteiger partial charge in [-0.25, -0.2) is 4.99 Å². The van der Waals surface area contributed by atoms with E-state index in [-0.39, 0.29) is 35.9 Å². The maximum atomic E-state index is 11.7. The van der Waals surface area contributed by atoms with Gasteiger partial charge in [0.15, 0.2) is 6.34 Å². The van der Waals surface area contributed by atoms with Crippen LogP contribution in [-0.4, -0.2) is 37.0 Å². The average molecular weight is 420 g/mol. The van der Waals surface area contributed by atoms with Gasteiger partial charge in [-0.2, -0.15) is 0 Å². The number of carbonyl (C=O) groups is 1. The Morgan fingerprint density at radius 2 is 2.09 bits per heavy atom. The summed E-state index contributed by atoms with van der Waals surface area (Å²) < 4.78 is 6.06. The number of allylic oxidation sites excluding steroid dienone is 1. The summed E-state index contributed by atoms with van der Waals surface area (Å²) in [6.45, 7) is 5.99. The lowest BCUT2D eigenvalue weighted by molar-refractivity contribution is -0.773. The molecule has 22 heavy (non-hydrogen) atoms. The number of quaternary nitrogens is 1. The highest BCUT2D eigenvalue weighted by molar-refractivity contribution is 5.74. The van der Waals surface area contributed by atoms with Crippen molar-refractivity contribution in [3.63, 3.8) is 0 Å². The molecule has 0 amide bonds. The Bertz CT molecular complexity index is 436. The summed E-state index contributed by atoms with van der Waals surface area (Å²) in [7, 11) is 2.23. The van der Waals surface area contributed by atoms with Crippen molar-refractivity contribution in [1.29, 1.82) is 0 Å². The topological polar surface area (TPSA) is 38.7 Å². The van der Waals surface area contributed by atoms with Gasteiger partial charge >= 0.3 is 5.97 Å². The molecule has 3 atom stereocenters. The predicted octanol–water partition coefficient (Wildman–Crippen LogP) is 0.490. The average Bonchev–Trinajstić information content (AvgIpc) is 3.00. The van der Waals surface area contributed by atoms with Gasteiger partial charge < -0.3 is 28.7 Å². The minimum Gasteiger partial charge on any atom is -1.00 e. The molecule has 0 aliphatic carbocycles. The van der Waals surface area contributed by atoms with Crippen LogP contribution in [0.4, 0.5) is 0 Å². The van der Waals surface area contributed by atoms with E-state index >= 15 is 0 Å². The Morgan fingerprint density at radius 1 is 1.32 bits per heavy atom. The first kappa shape index (κ1) is 19.6. The van der Waals surface area contributed by atoms with Gasteiger partial charge in [0.25, 0.3) is 0 Å².